The van der Waals surface area contributed by atoms with Crippen LogP contribution in [0.15, 0.2) is 46.6 Å². The molecule has 29 heavy (non-hydrogen) atoms. The first-order chi connectivity index (χ1) is 14.2. The summed E-state index contributed by atoms with van der Waals surface area (Å²) in [5.74, 6) is 0.632. The zero-order chi connectivity index (χ0) is 20.0. The van der Waals surface area contributed by atoms with Gasteiger partial charge in [-0.1, -0.05) is 25.1 Å². The fourth-order valence-electron chi connectivity index (χ4n) is 4.36. The zero-order valence-corrected chi connectivity index (χ0v) is 18.0. The van der Waals surface area contributed by atoms with Crippen molar-refractivity contribution in [3.8, 4) is 0 Å². The van der Waals surface area contributed by atoms with Crippen molar-refractivity contribution in [1.82, 2.24) is 23.6 Å². The lowest BCUT2D eigenvalue weighted by Crippen LogP contribution is -2.26. The van der Waals surface area contributed by atoms with Gasteiger partial charge in [0.05, 0.1) is 17.6 Å². The summed E-state index contributed by atoms with van der Waals surface area (Å²) in [5.41, 5.74) is 0.826. The molecule has 3 aromatic heterocycles. The average molecular weight is 426 g/mol. The van der Waals surface area contributed by atoms with Gasteiger partial charge in [0.25, 0.3) is 5.56 Å². The van der Waals surface area contributed by atoms with Gasteiger partial charge in [-0.05, 0) is 55.1 Å². The topological polar surface area (TPSA) is 47.5 Å². The molecule has 0 bridgehead atoms. The van der Waals surface area contributed by atoms with E-state index in [1.807, 2.05) is 44.7 Å². The molecule has 150 valence electrons. The van der Waals surface area contributed by atoms with Gasteiger partial charge in [0, 0.05) is 24.0 Å². The van der Waals surface area contributed by atoms with E-state index < -0.39 is 0 Å². The second kappa shape index (κ2) is 7.51. The molecular weight excluding hydrogens is 402 g/mol. The Morgan fingerprint density at radius 3 is 2.90 bits per heavy atom. The van der Waals surface area contributed by atoms with Crippen LogP contribution in [0.25, 0.3) is 16.7 Å². The summed E-state index contributed by atoms with van der Waals surface area (Å²) in [6.07, 6.45) is 3.19. The number of thiophene rings is 1. The number of hydrogen-bond donors (Lipinski definition) is 0. The van der Waals surface area contributed by atoms with E-state index in [4.69, 9.17) is 17.3 Å². The molecule has 8 heteroatoms. The van der Waals surface area contributed by atoms with Gasteiger partial charge in [0.1, 0.15) is 0 Å². The molecule has 1 aromatic carbocycles. The van der Waals surface area contributed by atoms with Gasteiger partial charge in [-0.2, -0.15) is 0 Å². The molecular formula is C21H23N5OS2. The highest BCUT2D eigenvalue weighted by atomic mass is 32.1. The quantitative estimate of drug-likeness (QED) is 0.443. The van der Waals surface area contributed by atoms with Crippen molar-refractivity contribution >= 4 is 40.2 Å². The molecule has 1 fully saturated rings. The number of fused-ring (bicyclic) bond motifs is 3. The van der Waals surface area contributed by atoms with Gasteiger partial charge in [-0.25, -0.2) is 4.68 Å². The van der Waals surface area contributed by atoms with Crippen LogP contribution in [0.4, 0.5) is 0 Å². The number of likely N-dealkylation sites (tertiary alicyclic amines) is 1. The second-order valence-electron chi connectivity index (χ2n) is 7.52. The number of hydrogen-bond acceptors (Lipinski definition) is 5. The van der Waals surface area contributed by atoms with Crippen molar-refractivity contribution in [3.05, 3.63) is 61.8 Å². The molecule has 0 saturated carbocycles. The Morgan fingerprint density at radius 2 is 2.10 bits per heavy atom. The van der Waals surface area contributed by atoms with Gasteiger partial charge < -0.3 is 0 Å². The first-order valence-corrected chi connectivity index (χ1v) is 11.4. The molecule has 6 nitrogen and oxygen atoms in total. The first-order valence-electron chi connectivity index (χ1n) is 10.1. The van der Waals surface area contributed by atoms with Crippen LogP contribution in [-0.2, 0) is 13.2 Å². The molecule has 4 aromatic rings. The molecule has 0 spiro atoms. The van der Waals surface area contributed by atoms with E-state index >= 15 is 0 Å². The minimum atomic E-state index is -0.000246. The van der Waals surface area contributed by atoms with Crippen LogP contribution in [0.2, 0.25) is 0 Å². The molecule has 4 heterocycles. The van der Waals surface area contributed by atoms with Crippen molar-refractivity contribution in [2.24, 2.45) is 0 Å². The van der Waals surface area contributed by atoms with Crippen LogP contribution in [0.5, 0.6) is 0 Å². The Kier molecular flexibility index (Phi) is 4.85. The first kappa shape index (κ1) is 18.7. The Labute approximate surface area is 177 Å². The smallest absolute Gasteiger partial charge is 0.262 e. The maximum absolute atomic E-state index is 13.1. The lowest BCUT2D eigenvalue weighted by Gasteiger charge is -2.23. The highest BCUT2D eigenvalue weighted by Gasteiger charge is 2.28. The standard InChI is InChI=1S/C21H23N5OS2/c1-2-11-24-19(27)15-7-3-4-8-16(15)26-20(24)22-25(21(26)28)14-23-12-5-9-17(23)18-10-6-13-29-18/h3-4,6-8,10,13,17H,2,5,9,11-12,14H2,1H3. The predicted octanol–water partition coefficient (Wildman–Crippen LogP) is 4.45. The lowest BCUT2D eigenvalue weighted by molar-refractivity contribution is 0.192. The van der Waals surface area contributed by atoms with Gasteiger partial charge in [-0.15, -0.1) is 16.4 Å². The summed E-state index contributed by atoms with van der Waals surface area (Å²) in [5, 5.41) is 7.64. The van der Waals surface area contributed by atoms with Gasteiger partial charge in [0.2, 0.25) is 10.5 Å². The molecule has 1 aliphatic rings. The average Bonchev–Trinajstić information content (AvgIpc) is 3.47. The molecule has 1 atom stereocenters. The molecule has 5 rings (SSSR count). The van der Waals surface area contributed by atoms with E-state index in [1.54, 1.807) is 4.57 Å². The molecule has 0 aliphatic carbocycles. The molecule has 0 N–H and O–H groups in total. The van der Waals surface area contributed by atoms with Crippen LogP contribution < -0.4 is 5.56 Å². The molecule has 0 amide bonds. The fraction of sp³-hybridized carbons (Fsp3) is 0.381. The SMILES string of the molecule is CCCn1c(=O)c2ccccc2n2c(=S)n(CN3CCCC3c3cccs3)nc12. The van der Waals surface area contributed by atoms with E-state index in [-0.39, 0.29) is 5.56 Å². The fourth-order valence-corrected chi connectivity index (χ4v) is 5.53. The molecule has 1 aliphatic heterocycles. The minimum absolute atomic E-state index is 0.000246. The number of para-hydroxylation sites is 1. The summed E-state index contributed by atoms with van der Waals surface area (Å²) in [6.45, 7) is 4.36. The lowest BCUT2D eigenvalue weighted by atomic mass is 10.2. The van der Waals surface area contributed by atoms with E-state index in [9.17, 15) is 4.79 Å². The van der Waals surface area contributed by atoms with Crippen LogP contribution >= 0.6 is 23.6 Å². The van der Waals surface area contributed by atoms with E-state index in [2.05, 4.69) is 29.3 Å². The highest BCUT2D eigenvalue weighted by Crippen LogP contribution is 2.34. The third-order valence-electron chi connectivity index (χ3n) is 5.68. The third kappa shape index (κ3) is 3.06. The number of nitrogens with zero attached hydrogens (tertiary/aromatic N) is 5. The summed E-state index contributed by atoms with van der Waals surface area (Å²) < 4.78 is 6.24. The minimum Gasteiger partial charge on any atom is -0.276 e. The highest BCUT2D eigenvalue weighted by molar-refractivity contribution is 7.71. The van der Waals surface area contributed by atoms with Gasteiger partial charge >= 0.3 is 0 Å². The van der Waals surface area contributed by atoms with Crippen molar-refractivity contribution in [2.45, 2.75) is 45.4 Å². The third-order valence-corrected chi connectivity index (χ3v) is 7.05. The van der Waals surface area contributed by atoms with Crippen molar-refractivity contribution < 1.29 is 0 Å². The summed E-state index contributed by atoms with van der Waals surface area (Å²) >= 11 is 7.65. The van der Waals surface area contributed by atoms with Crippen LogP contribution in [0, 0.1) is 4.77 Å². The van der Waals surface area contributed by atoms with Crippen molar-refractivity contribution in [2.75, 3.05) is 6.54 Å². The number of benzene rings is 1. The zero-order valence-electron chi connectivity index (χ0n) is 16.3. The number of aromatic nitrogens is 4. The number of aryl methyl sites for hydroxylation is 1. The van der Waals surface area contributed by atoms with E-state index in [1.165, 1.54) is 11.3 Å². The van der Waals surface area contributed by atoms with Crippen molar-refractivity contribution in [1.29, 1.82) is 0 Å². The monoisotopic (exact) mass is 425 g/mol. The van der Waals surface area contributed by atoms with Crippen LogP contribution in [0.1, 0.15) is 37.1 Å². The predicted molar refractivity (Wildman–Crippen MR) is 119 cm³/mol. The Bertz CT molecular complexity index is 1280. The van der Waals surface area contributed by atoms with Gasteiger partial charge in [0.15, 0.2) is 0 Å². The molecule has 0 radical (unpaired) electrons. The maximum atomic E-state index is 13.1. The van der Waals surface area contributed by atoms with E-state index in [0.29, 0.717) is 35.2 Å². The summed E-state index contributed by atoms with van der Waals surface area (Å²) in [7, 11) is 0. The second-order valence-corrected chi connectivity index (χ2v) is 8.86. The summed E-state index contributed by atoms with van der Waals surface area (Å²) in [6, 6.07) is 12.4. The summed E-state index contributed by atoms with van der Waals surface area (Å²) in [4.78, 5) is 16.9. The Balaban J connectivity index is 1.65. The Morgan fingerprint density at radius 1 is 1.24 bits per heavy atom. The Hall–Kier alpha value is -2.29. The van der Waals surface area contributed by atoms with Gasteiger partial charge in [-0.3, -0.25) is 18.7 Å². The van der Waals surface area contributed by atoms with Crippen LogP contribution in [0.3, 0.4) is 0 Å². The van der Waals surface area contributed by atoms with E-state index in [0.717, 1.165) is 24.9 Å². The largest absolute Gasteiger partial charge is 0.276 e. The molecule has 1 saturated heterocycles. The number of rotatable bonds is 5. The normalized spacial score (nSPS) is 17.6. The van der Waals surface area contributed by atoms with Crippen molar-refractivity contribution in [3.63, 3.8) is 0 Å². The van der Waals surface area contributed by atoms with Crippen LogP contribution in [-0.4, -0.2) is 30.2 Å². The molecule has 1 unspecified atom stereocenters. The maximum Gasteiger partial charge on any atom is 0.262 e.